The lowest BCUT2D eigenvalue weighted by atomic mass is 10.1. The second-order valence-electron chi connectivity index (χ2n) is 8.13. The van der Waals surface area contributed by atoms with Gasteiger partial charge in [-0.1, -0.05) is 24.3 Å². The summed E-state index contributed by atoms with van der Waals surface area (Å²) < 4.78 is 28.7. The molecule has 1 fully saturated rings. The van der Waals surface area contributed by atoms with Gasteiger partial charge in [-0.3, -0.25) is 9.59 Å². The topological polar surface area (TPSA) is 88.5 Å². The van der Waals surface area contributed by atoms with Crippen molar-refractivity contribution in [3.05, 3.63) is 83.0 Å². The van der Waals surface area contributed by atoms with Crippen molar-refractivity contribution in [1.29, 1.82) is 0 Å². The molecule has 2 heterocycles. The number of anilines is 1. The molecular formula is C25H23N3O4S. The number of carbonyl (C=O) groups is 1. The number of fused-ring (bicyclic) bond motifs is 2. The van der Waals surface area contributed by atoms with Crippen molar-refractivity contribution in [3.8, 4) is 0 Å². The van der Waals surface area contributed by atoms with E-state index in [1.807, 2.05) is 28.8 Å². The van der Waals surface area contributed by atoms with Gasteiger partial charge in [0.2, 0.25) is 15.9 Å². The maximum Gasteiger partial charge on any atom is 0.244 e. The van der Waals surface area contributed by atoms with Gasteiger partial charge >= 0.3 is 0 Å². The molecule has 33 heavy (non-hydrogen) atoms. The van der Waals surface area contributed by atoms with Gasteiger partial charge in [0.05, 0.1) is 15.9 Å². The van der Waals surface area contributed by atoms with Gasteiger partial charge in [0.15, 0.2) is 5.43 Å². The third-order valence-corrected chi connectivity index (χ3v) is 7.93. The van der Waals surface area contributed by atoms with E-state index < -0.39 is 10.0 Å². The smallest absolute Gasteiger partial charge is 0.244 e. The fourth-order valence-corrected chi connectivity index (χ4v) is 5.90. The van der Waals surface area contributed by atoms with Gasteiger partial charge < -0.3 is 9.88 Å². The van der Waals surface area contributed by atoms with E-state index in [2.05, 4.69) is 5.32 Å². The Bertz CT molecular complexity index is 1460. The van der Waals surface area contributed by atoms with Crippen molar-refractivity contribution in [2.75, 3.05) is 18.4 Å². The molecule has 5 rings (SSSR count). The van der Waals surface area contributed by atoms with Crippen LogP contribution in [0.5, 0.6) is 0 Å². The molecule has 1 N–H and O–H groups in total. The van der Waals surface area contributed by atoms with Crippen molar-refractivity contribution >= 4 is 43.4 Å². The summed E-state index contributed by atoms with van der Waals surface area (Å²) in [6, 6.07) is 20.7. The standard InChI is InChI=1S/C25H23N3O4S/c29-24(26-18-11-13-19(14-12-18)33(31,32)27-15-5-6-16-27)17-28-22-9-3-1-7-20(22)25(30)21-8-2-4-10-23(21)28/h1-4,7-14H,5-6,15-17H2,(H,26,29). The average Bonchev–Trinajstić information content (AvgIpc) is 3.38. The monoisotopic (exact) mass is 461 g/mol. The van der Waals surface area contributed by atoms with E-state index in [1.54, 1.807) is 36.4 Å². The lowest BCUT2D eigenvalue weighted by Gasteiger charge is -2.16. The van der Waals surface area contributed by atoms with Crippen LogP contribution in [0.15, 0.2) is 82.5 Å². The first-order valence-electron chi connectivity index (χ1n) is 10.9. The minimum atomic E-state index is -3.50. The summed E-state index contributed by atoms with van der Waals surface area (Å²) in [5.41, 5.74) is 1.81. The second kappa shape index (κ2) is 8.46. The first kappa shape index (κ1) is 21.4. The number of pyridine rings is 1. The number of benzene rings is 3. The van der Waals surface area contributed by atoms with E-state index >= 15 is 0 Å². The zero-order valence-electron chi connectivity index (χ0n) is 17.9. The van der Waals surface area contributed by atoms with E-state index in [1.165, 1.54) is 16.4 Å². The van der Waals surface area contributed by atoms with Gasteiger partial charge in [0, 0.05) is 29.5 Å². The highest BCUT2D eigenvalue weighted by Gasteiger charge is 2.27. The van der Waals surface area contributed by atoms with Gasteiger partial charge in [-0.15, -0.1) is 0 Å². The Balaban J connectivity index is 1.42. The third-order valence-electron chi connectivity index (χ3n) is 6.02. The Hall–Kier alpha value is -3.49. The van der Waals surface area contributed by atoms with Gasteiger partial charge in [0.25, 0.3) is 0 Å². The Kier molecular flexibility index (Phi) is 5.47. The lowest BCUT2D eigenvalue weighted by Crippen LogP contribution is -2.27. The van der Waals surface area contributed by atoms with Crippen molar-refractivity contribution in [2.45, 2.75) is 24.3 Å². The van der Waals surface area contributed by atoms with Crippen LogP contribution >= 0.6 is 0 Å². The van der Waals surface area contributed by atoms with E-state index in [9.17, 15) is 18.0 Å². The highest BCUT2D eigenvalue weighted by Crippen LogP contribution is 2.23. The van der Waals surface area contributed by atoms with E-state index in [0.717, 1.165) is 12.8 Å². The molecule has 7 nitrogen and oxygen atoms in total. The number of para-hydroxylation sites is 2. The molecule has 0 unspecified atom stereocenters. The molecule has 3 aromatic carbocycles. The van der Waals surface area contributed by atoms with Crippen LogP contribution in [0.25, 0.3) is 21.8 Å². The van der Waals surface area contributed by atoms with Gasteiger partial charge in [0.1, 0.15) is 6.54 Å². The normalized spacial score (nSPS) is 14.7. The number of rotatable bonds is 5. The number of aromatic nitrogens is 1. The molecule has 1 aliphatic heterocycles. The van der Waals surface area contributed by atoms with Crippen LogP contribution in [0.3, 0.4) is 0 Å². The minimum Gasteiger partial charge on any atom is -0.331 e. The number of hydrogen-bond acceptors (Lipinski definition) is 4. The Morgan fingerprint density at radius 3 is 1.94 bits per heavy atom. The lowest BCUT2D eigenvalue weighted by molar-refractivity contribution is -0.116. The molecular weight excluding hydrogens is 438 g/mol. The molecule has 1 saturated heterocycles. The van der Waals surface area contributed by atoms with E-state index in [4.69, 9.17) is 0 Å². The Morgan fingerprint density at radius 2 is 1.36 bits per heavy atom. The summed E-state index contributed by atoms with van der Waals surface area (Å²) in [4.78, 5) is 26.0. The summed E-state index contributed by atoms with van der Waals surface area (Å²) in [5.74, 6) is -0.274. The van der Waals surface area contributed by atoms with Gasteiger partial charge in [-0.25, -0.2) is 8.42 Å². The predicted molar refractivity (Wildman–Crippen MR) is 129 cm³/mol. The fraction of sp³-hybridized carbons (Fsp3) is 0.200. The summed E-state index contributed by atoms with van der Waals surface area (Å²) in [7, 11) is -3.50. The van der Waals surface area contributed by atoms with Crippen molar-refractivity contribution in [3.63, 3.8) is 0 Å². The number of sulfonamides is 1. The number of amides is 1. The third kappa shape index (κ3) is 3.92. The molecule has 1 aliphatic rings. The molecule has 168 valence electrons. The highest BCUT2D eigenvalue weighted by molar-refractivity contribution is 7.89. The quantitative estimate of drug-likeness (QED) is 0.460. The fourth-order valence-electron chi connectivity index (χ4n) is 4.38. The van der Waals surface area contributed by atoms with Gasteiger partial charge in [-0.05, 0) is 61.4 Å². The maximum atomic E-state index is 12.9. The van der Waals surface area contributed by atoms with Crippen LogP contribution in [0, 0.1) is 0 Å². The van der Waals surface area contributed by atoms with Crippen LogP contribution in [-0.4, -0.2) is 36.3 Å². The number of nitrogens with one attached hydrogen (secondary N) is 1. The first-order chi connectivity index (χ1) is 15.9. The molecule has 1 aromatic heterocycles. The first-order valence-corrected chi connectivity index (χ1v) is 12.3. The number of nitrogens with zero attached hydrogens (tertiary/aromatic N) is 2. The average molecular weight is 462 g/mol. The van der Waals surface area contributed by atoms with Crippen molar-refractivity contribution < 1.29 is 13.2 Å². The SMILES string of the molecule is O=C(Cn1c2ccccc2c(=O)c2ccccc21)Nc1ccc(S(=O)(=O)N2CCCC2)cc1. The zero-order chi connectivity index (χ0) is 23.0. The molecule has 0 bridgehead atoms. The van der Waals surface area contributed by atoms with Crippen LogP contribution in [0.1, 0.15) is 12.8 Å². The molecule has 0 spiro atoms. The minimum absolute atomic E-state index is 0.00906. The highest BCUT2D eigenvalue weighted by atomic mass is 32.2. The molecule has 4 aromatic rings. The number of hydrogen-bond donors (Lipinski definition) is 1. The zero-order valence-corrected chi connectivity index (χ0v) is 18.7. The second-order valence-corrected chi connectivity index (χ2v) is 10.1. The molecule has 0 radical (unpaired) electrons. The predicted octanol–water partition coefficient (Wildman–Crippen LogP) is 3.58. The Labute approximate surface area is 191 Å². The van der Waals surface area contributed by atoms with Crippen LogP contribution in [0.4, 0.5) is 5.69 Å². The van der Waals surface area contributed by atoms with Crippen LogP contribution in [-0.2, 0) is 21.4 Å². The maximum absolute atomic E-state index is 12.9. The summed E-state index contributed by atoms with van der Waals surface area (Å²) in [5, 5.41) is 3.95. The molecule has 8 heteroatoms. The van der Waals surface area contributed by atoms with Crippen LogP contribution in [0.2, 0.25) is 0 Å². The summed E-state index contributed by atoms with van der Waals surface area (Å²) in [6.45, 7) is 1.10. The molecule has 0 aliphatic carbocycles. The van der Waals surface area contributed by atoms with E-state index in [0.29, 0.717) is 40.6 Å². The number of carbonyl (C=O) groups excluding carboxylic acids is 1. The molecule has 0 atom stereocenters. The molecule has 0 saturated carbocycles. The molecule has 1 amide bonds. The summed E-state index contributed by atoms with van der Waals surface area (Å²) in [6.07, 6.45) is 1.75. The summed E-state index contributed by atoms with van der Waals surface area (Å²) >= 11 is 0. The van der Waals surface area contributed by atoms with Crippen LogP contribution < -0.4 is 10.7 Å². The Morgan fingerprint density at radius 1 is 0.818 bits per heavy atom. The van der Waals surface area contributed by atoms with Gasteiger partial charge in [-0.2, -0.15) is 4.31 Å². The van der Waals surface area contributed by atoms with E-state index in [-0.39, 0.29) is 22.8 Å². The van der Waals surface area contributed by atoms with Crippen molar-refractivity contribution in [2.24, 2.45) is 0 Å². The van der Waals surface area contributed by atoms with Crippen molar-refractivity contribution in [1.82, 2.24) is 8.87 Å². The largest absolute Gasteiger partial charge is 0.331 e.